The number of hydroxylamine groups is 1. The second-order valence-corrected chi connectivity index (χ2v) is 10.8. The van der Waals surface area contributed by atoms with Crippen LogP contribution in [0.15, 0.2) is 54.6 Å². The van der Waals surface area contributed by atoms with E-state index in [2.05, 4.69) is 42.3 Å². The van der Waals surface area contributed by atoms with E-state index < -0.39 is 11.8 Å². The van der Waals surface area contributed by atoms with E-state index in [4.69, 9.17) is 4.98 Å². The highest BCUT2D eigenvalue weighted by molar-refractivity contribution is 5.95. The van der Waals surface area contributed by atoms with Gasteiger partial charge in [0, 0.05) is 35.8 Å². The van der Waals surface area contributed by atoms with Crippen molar-refractivity contribution in [2.75, 3.05) is 13.1 Å². The summed E-state index contributed by atoms with van der Waals surface area (Å²) >= 11 is 0. The maximum Gasteiger partial charge on any atom is 0.251 e. The zero-order chi connectivity index (χ0) is 25.9. The molecule has 0 spiro atoms. The molecular weight excluding hydrogens is 464 g/mol. The molecule has 2 fully saturated rings. The molecule has 7 heteroatoms. The van der Waals surface area contributed by atoms with Gasteiger partial charge in [0.25, 0.3) is 5.91 Å². The van der Waals surface area contributed by atoms with Crippen LogP contribution in [-0.2, 0) is 11.2 Å². The van der Waals surface area contributed by atoms with Gasteiger partial charge in [0.15, 0.2) is 0 Å². The molecule has 0 bridgehead atoms. The number of likely N-dealkylation sites (tertiary alicyclic amines) is 1. The topological polar surface area (TPSA) is 94.6 Å². The molecule has 7 nitrogen and oxygen atoms in total. The van der Waals surface area contributed by atoms with Crippen LogP contribution in [0.4, 0.5) is 0 Å². The first-order valence-electron chi connectivity index (χ1n) is 13.4. The molecule has 0 unspecified atom stereocenters. The fourth-order valence-corrected chi connectivity index (χ4v) is 5.85. The molecule has 5 rings (SSSR count). The van der Waals surface area contributed by atoms with Gasteiger partial charge in [-0.15, -0.1) is 0 Å². The predicted molar refractivity (Wildman–Crippen MR) is 144 cm³/mol. The zero-order valence-corrected chi connectivity index (χ0v) is 21.6. The number of carbonyl (C=O) groups excluding carboxylic acids is 2. The van der Waals surface area contributed by atoms with E-state index in [1.165, 1.54) is 18.4 Å². The minimum Gasteiger partial charge on any atom is -0.347 e. The van der Waals surface area contributed by atoms with Crippen molar-refractivity contribution in [1.29, 1.82) is 0 Å². The van der Waals surface area contributed by atoms with Crippen LogP contribution in [0.2, 0.25) is 0 Å². The van der Waals surface area contributed by atoms with Gasteiger partial charge in [-0.2, -0.15) is 0 Å². The average Bonchev–Trinajstić information content (AvgIpc) is 3.59. The number of nitrogens with one attached hydrogen (secondary N) is 2. The largest absolute Gasteiger partial charge is 0.347 e. The minimum atomic E-state index is -0.469. The number of benzene rings is 2. The second-order valence-electron chi connectivity index (χ2n) is 10.8. The Morgan fingerprint density at radius 2 is 1.78 bits per heavy atom. The van der Waals surface area contributed by atoms with Gasteiger partial charge in [-0.3, -0.25) is 24.7 Å². The van der Waals surface area contributed by atoms with Crippen LogP contribution in [0.3, 0.4) is 0 Å². The SMILES string of the molecule is CC(C)c1cc(Cc2ccc(C(=O)N[C@@H]3CN(C4CCCC4)C[C@@H]3C(=O)NO)cc2)c2ccccc2n1. The fraction of sp³-hybridized carbons (Fsp3) is 0.433. The van der Waals surface area contributed by atoms with E-state index in [1.54, 1.807) is 5.48 Å². The molecule has 2 aromatic carbocycles. The highest BCUT2D eigenvalue weighted by Gasteiger charge is 2.41. The van der Waals surface area contributed by atoms with Gasteiger partial charge in [0.05, 0.1) is 17.5 Å². The number of aromatic nitrogens is 1. The molecule has 2 heterocycles. The Bertz CT molecular complexity index is 1270. The number of fused-ring (bicyclic) bond motifs is 1. The van der Waals surface area contributed by atoms with Gasteiger partial charge < -0.3 is 5.32 Å². The third kappa shape index (κ3) is 5.53. The van der Waals surface area contributed by atoms with Gasteiger partial charge in [0.2, 0.25) is 5.91 Å². The van der Waals surface area contributed by atoms with Crippen molar-refractivity contribution in [1.82, 2.24) is 20.7 Å². The Hall–Kier alpha value is -3.29. The van der Waals surface area contributed by atoms with E-state index in [9.17, 15) is 14.8 Å². The first-order valence-corrected chi connectivity index (χ1v) is 13.4. The maximum atomic E-state index is 13.1. The van der Waals surface area contributed by atoms with Crippen LogP contribution in [-0.4, -0.2) is 52.1 Å². The summed E-state index contributed by atoms with van der Waals surface area (Å²) < 4.78 is 0. The Balaban J connectivity index is 1.29. The van der Waals surface area contributed by atoms with Gasteiger partial charge in [-0.1, -0.05) is 57.0 Å². The number of carbonyl (C=O) groups is 2. The van der Waals surface area contributed by atoms with E-state index in [-0.39, 0.29) is 11.9 Å². The number of hydrogen-bond donors (Lipinski definition) is 3. The molecule has 37 heavy (non-hydrogen) atoms. The van der Waals surface area contributed by atoms with E-state index in [1.807, 2.05) is 36.4 Å². The van der Waals surface area contributed by atoms with Gasteiger partial charge >= 0.3 is 0 Å². The lowest BCUT2D eigenvalue weighted by Crippen LogP contribution is -2.45. The molecule has 1 saturated heterocycles. The molecule has 2 atom stereocenters. The van der Waals surface area contributed by atoms with Crippen LogP contribution in [0.5, 0.6) is 0 Å². The maximum absolute atomic E-state index is 13.1. The van der Waals surface area contributed by atoms with Gasteiger partial charge in [-0.25, -0.2) is 5.48 Å². The summed E-state index contributed by atoms with van der Waals surface area (Å²) in [7, 11) is 0. The molecule has 1 saturated carbocycles. The highest BCUT2D eigenvalue weighted by atomic mass is 16.5. The zero-order valence-electron chi connectivity index (χ0n) is 21.6. The number of amides is 2. The molecule has 1 aliphatic carbocycles. The van der Waals surface area contributed by atoms with Crippen molar-refractivity contribution in [2.45, 2.75) is 64.0 Å². The number of para-hydroxylation sites is 1. The van der Waals surface area contributed by atoms with Crippen molar-refractivity contribution in [3.8, 4) is 0 Å². The quantitative estimate of drug-likeness (QED) is 0.330. The Morgan fingerprint density at radius 1 is 1.05 bits per heavy atom. The standard InChI is InChI=1S/C30H36N4O3/c1-19(2)27-16-22(24-9-5-6-10-26(24)31-27)15-20-11-13-21(14-12-20)29(35)32-28-18-34(23-7-3-4-8-23)17-25(28)30(36)33-37/h5-6,9-14,16,19,23,25,28,37H,3-4,7-8,15,17-18H2,1-2H3,(H,32,35)(H,33,36)/t25-,28+/m0/s1. The molecule has 2 aliphatic rings. The molecular formula is C30H36N4O3. The van der Waals surface area contributed by atoms with Gasteiger partial charge in [-0.05, 0) is 60.6 Å². The van der Waals surface area contributed by atoms with Crippen LogP contribution >= 0.6 is 0 Å². The van der Waals surface area contributed by atoms with Gasteiger partial charge in [0.1, 0.15) is 0 Å². The summed E-state index contributed by atoms with van der Waals surface area (Å²) in [6.45, 7) is 5.49. The molecule has 1 aromatic heterocycles. The van der Waals surface area contributed by atoms with Crippen molar-refractivity contribution >= 4 is 22.7 Å². The van der Waals surface area contributed by atoms with E-state index in [0.29, 0.717) is 30.6 Å². The Morgan fingerprint density at radius 3 is 2.49 bits per heavy atom. The molecule has 194 valence electrons. The highest BCUT2D eigenvalue weighted by Crippen LogP contribution is 2.29. The summed E-state index contributed by atoms with van der Waals surface area (Å²) in [4.78, 5) is 32.6. The lowest BCUT2D eigenvalue weighted by molar-refractivity contribution is -0.133. The lowest BCUT2D eigenvalue weighted by Gasteiger charge is -2.23. The van der Waals surface area contributed by atoms with Crippen LogP contribution < -0.4 is 10.8 Å². The van der Waals surface area contributed by atoms with Crippen LogP contribution in [0.25, 0.3) is 10.9 Å². The lowest BCUT2D eigenvalue weighted by atomic mass is 9.97. The first-order chi connectivity index (χ1) is 17.9. The fourth-order valence-electron chi connectivity index (χ4n) is 5.85. The molecule has 2 amide bonds. The number of hydrogen-bond acceptors (Lipinski definition) is 5. The van der Waals surface area contributed by atoms with E-state index in [0.717, 1.165) is 41.4 Å². The predicted octanol–water partition coefficient (Wildman–Crippen LogP) is 4.43. The third-order valence-electron chi connectivity index (χ3n) is 7.98. The summed E-state index contributed by atoms with van der Waals surface area (Å²) in [6, 6.07) is 18.2. The summed E-state index contributed by atoms with van der Waals surface area (Å²) in [5.74, 6) is -0.765. The van der Waals surface area contributed by atoms with Crippen molar-refractivity contribution in [3.63, 3.8) is 0 Å². The average molecular weight is 501 g/mol. The molecule has 3 aromatic rings. The summed E-state index contributed by atoms with van der Waals surface area (Å²) in [5.41, 5.74) is 6.78. The number of nitrogens with zero attached hydrogens (tertiary/aromatic N) is 2. The summed E-state index contributed by atoms with van der Waals surface area (Å²) in [5, 5.41) is 13.5. The normalized spacial score (nSPS) is 20.5. The Labute approximate surface area is 218 Å². The smallest absolute Gasteiger partial charge is 0.251 e. The molecule has 1 aliphatic heterocycles. The molecule has 3 N–H and O–H groups in total. The van der Waals surface area contributed by atoms with E-state index >= 15 is 0 Å². The summed E-state index contributed by atoms with van der Waals surface area (Å²) in [6.07, 6.45) is 5.41. The van der Waals surface area contributed by atoms with Crippen molar-refractivity contribution in [3.05, 3.63) is 77.0 Å². The van der Waals surface area contributed by atoms with Crippen LogP contribution in [0, 0.1) is 5.92 Å². The van der Waals surface area contributed by atoms with Crippen molar-refractivity contribution < 1.29 is 14.8 Å². The minimum absolute atomic E-state index is 0.197. The monoisotopic (exact) mass is 500 g/mol. The van der Waals surface area contributed by atoms with Crippen LogP contribution in [0.1, 0.15) is 72.6 Å². The Kier molecular flexibility index (Phi) is 7.53. The third-order valence-corrected chi connectivity index (χ3v) is 7.98. The molecule has 0 radical (unpaired) electrons. The number of rotatable bonds is 7. The van der Waals surface area contributed by atoms with Crippen molar-refractivity contribution in [2.24, 2.45) is 5.92 Å². The first kappa shape index (κ1) is 25.4. The number of pyridine rings is 1. The second kappa shape index (κ2) is 11.0.